The van der Waals surface area contributed by atoms with E-state index >= 15 is 0 Å². The summed E-state index contributed by atoms with van der Waals surface area (Å²) in [6.45, 7) is 12.8. The van der Waals surface area contributed by atoms with Gasteiger partial charge in [0.05, 0.1) is 30.7 Å². The van der Waals surface area contributed by atoms with Crippen molar-refractivity contribution < 1.29 is 13.2 Å². The van der Waals surface area contributed by atoms with E-state index in [2.05, 4.69) is 38.0 Å². The Kier molecular flexibility index (Phi) is 7.41. The zero-order valence-electron chi connectivity index (χ0n) is 17.8. The summed E-state index contributed by atoms with van der Waals surface area (Å²) in [5.74, 6) is 0. The fraction of sp³-hybridized carbons (Fsp3) is 0.889. The van der Waals surface area contributed by atoms with Crippen molar-refractivity contribution in [3.63, 3.8) is 0 Å². The molecule has 1 rings (SSSR count). The van der Waals surface area contributed by atoms with Crippen LogP contribution in [0.3, 0.4) is 0 Å². The molecule has 0 aromatic carbocycles. The summed E-state index contributed by atoms with van der Waals surface area (Å²) in [6.07, 6.45) is 4.88. The van der Waals surface area contributed by atoms with Crippen LogP contribution in [-0.4, -0.2) is 59.8 Å². The van der Waals surface area contributed by atoms with E-state index in [1.165, 1.54) is 10.6 Å². The molecule has 0 spiro atoms. The number of aromatic nitrogens is 3. The third-order valence-corrected chi connectivity index (χ3v) is 6.60. The Balaban J connectivity index is 3.20. The van der Waals surface area contributed by atoms with E-state index in [1.807, 2.05) is 27.1 Å². The van der Waals surface area contributed by atoms with Crippen molar-refractivity contribution in [1.82, 2.24) is 19.3 Å². The Morgan fingerprint density at radius 2 is 1.88 bits per heavy atom. The van der Waals surface area contributed by atoms with Crippen molar-refractivity contribution in [1.29, 1.82) is 0 Å². The van der Waals surface area contributed by atoms with Crippen LogP contribution in [0.5, 0.6) is 0 Å². The van der Waals surface area contributed by atoms with Gasteiger partial charge < -0.3 is 4.74 Å². The van der Waals surface area contributed by atoms with E-state index in [0.717, 1.165) is 18.5 Å². The largest absolute Gasteiger partial charge is 0.377 e. The lowest BCUT2D eigenvalue weighted by Crippen LogP contribution is -2.51. The first-order chi connectivity index (χ1) is 11.7. The van der Waals surface area contributed by atoms with E-state index in [9.17, 15) is 8.42 Å². The monoisotopic (exact) mass is 388 g/mol. The Morgan fingerprint density at radius 3 is 2.27 bits per heavy atom. The van der Waals surface area contributed by atoms with Crippen LogP contribution in [0.1, 0.15) is 60.1 Å². The molecule has 0 radical (unpaired) electrons. The molecule has 0 aliphatic rings. The zero-order chi connectivity index (χ0) is 20.3. The maximum absolute atomic E-state index is 12.2. The van der Waals surface area contributed by atoms with Crippen molar-refractivity contribution >= 4 is 10.0 Å². The van der Waals surface area contributed by atoms with Crippen molar-refractivity contribution in [2.45, 2.75) is 71.9 Å². The molecule has 1 heterocycles. The molecular weight excluding hydrogens is 352 g/mol. The standard InChI is InChI=1S/C18H36N4O3S/c1-10-18(6,15-11-21(7)20-19-15)13-17(4,5)16(12-25-14(2)3)22(8)26(9,23)24/h11,14,16H,10,12-13H2,1-9H3. The third kappa shape index (κ3) is 5.76. The average molecular weight is 389 g/mol. The number of nitrogens with zero attached hydrogens (tertiary/aromatic N) is 4. The lowest BCUT2D eigenvalue weighted by atomic mass is 9.68. The van der Waals surface area contributed by atoms with Crippen LogP contribution in [0, 0.1) is 5.41 Å². The Morgan fingerprint density at radius 1 is 1.31 bits per heavy atom. The lowest BCUT2D eigenvalue weighted by Gasteiger charge is -2.44. The van der Waals surface area contributed by atoms with Gasteiger partial charge in [0.1, 0.15) is 0 Å². The van der Waals surface area contributed by atoms with Gasteiger partial charge in [-0.1, -0.05) is 32.9 Å². The lowest BCUT2D eigenvalue weighted by molar-refractivity contribution is 0.00312. The molecule has 0 bridgehead atoms. The van der Waals surface area contributed by atoms with Crippen LogP contribution < -0.4 is 0 Å². The summed E-state index contributed by atoms with van der Waals surface area (Å²) in [7, 11) is 0.157. The first-order valence-corrected chi connectivity index (χ1v) is 11.0. The fourth-order valence-electron chi connectivity index (χ4n) is 3.48. The number of hydrogen-bond acceptors (Lipinski definition) is 5. The minimum absolute atomic E-state index is 0.0406. The van der Waals surface area contributed by atoms with E-state index in [0.29, 0.717) is 6.61 Å². The van der Waals surface area contributed by atoms with Gasteiger partial charge in [-0.2, -0.15) is 4.31 Å². The highest BCUT2D eigenvalue weighted by Gasteiger charge is 2.42. The summed E-state index contributed by atoms with van der Waals surface area (Å²) in [4.78, 5) is 0. The maximum atomic E-state index is 12.2. The maximum Gasteiger partial charge on any atom is 0.211 e. The van der Waals surface area contributed by atoms with Gasteiger partial charge in [0, 0.05) is 25.7 Å². The van der Waals surface area contributed by atoms with Crippen LogP contribution >= 0.6 is 0 Å². The quantitative estimate of drug-likeness (QED) is 0.616. The predicted octanol–water partition coefficient (Wildman–Crippen LogP) is 2.58. The molecule has 0 saturated carbocycles. The molecule has 1 aromatic heterocycles. The summed E-state index contributed by atoms with van der Waals surface area (Å²) in [5.41, 5.74) is 0.405. The Hall–Kier alpha value is -0.990. The zero-order valence-corrected chi connectivity index (χ0v) is 18.6. The van der Waals surface area contributed by atoms with E-state index in [4.69, 9.17) is 4.74 Å². The van der Waals surface area contributed by atoms with Crippen molar-refractivity contribution in [3.8, 4) is 0 Å². The molecule has 152 valence electrons. The van der Waals surface area contributed by atoms with Crippen molar-refractivity contribution in [3.05, 3.63) is 11.9 Å². The van der Waals surface area contributed by atoms with E-state index in [1.54, 1.807) is 11.7 Å². The average Bonchev–Trinajstić information content (AvgIpc) is 2.92. The number of rotatable bonds is 10. The van der Waals surface area contributed by atoms with Crippen LogP contribution in [0.25, 0.3) is 0 Å². The van der Waals surface area contributed by atoms with Crippen LogP contribution in [0.2, 0.25) is 0 Å². The van der Waals surface area contributed by atoms with Gasteiger partial charge in [0.2, 0.25) is 10.0 Å². The Bertz CT molecular complexity index is 684. The van der Waals surface area contributed by atoms with Crippen molar-refractivity contribution in [2.75, 3.05) is 19.9 Å². The van der Waals surface area contributed by atoms with Crippen LogP contribution in [0.4, 0.5) is 0 Å². The highest BCUT2D eigenvalue weighted by molar-refractivity contribution is 7.88. The number of ether oxygens (including phenoxy) is 1. The first kappa shape index (κ1) is 23.0. The molecule has 26 heavy (non-hydrogen) atoms. The SMILES string of the molecule is CCC(C)(CC(C)(C)C(COC(C)C)N(C)S(C)(=O)=O)c1cn(C)nn1. The molecule has 2 atom stereocenters. The van der Waals surface area contributed by atoms with Gasteiger partial charge in [-0.25, -0.2) is 8.42 Å². The molecule has 0 aliphatic heterocycles. The number of sulfonamides is 1. The normalized spacial score (nSPS) is 16.9. The van der Waals surface area contributed by atoms with Crippen LogP contribution in [0.15, 0.2) is 6.20 Å². The van der Waals surface area contributed by atoms with Gasteiger partial charge >= 0.3 is 0 Å². The highest BCUT2D eigenvalue weighted by Crippen LogP contribution is 2.42. The topological polar surface area (TPSA) is 77.3 Å². The molecule has 2 unspecified atom stereocenters. The minimum Gasteiger partial charge on any atom is -0.377 e. The Labute approximate surface area is 159 Å². The summed E-state index contributed by atoms with van der Waals surface area (Å²) in [5, 5.41) is 8.40. The van der Waals surface area contributed by atoms with Crippen LogP contribution in [-0.2, 0) is 27.2 Å². The molecular formula is C18H36N4O3S. The summed E-state index contributed by atoms with van der Waals surface area (Å²) >= 11 is 0. The van der Waals surface area contributed by atoms with E-state index in [-0.39, 0.29) is 23.0 Å². The number of likely N-dealkylation sites (N-methyl/N-ethyl adjacent to an activating group) is 1. The minimum atomic E-state index is -3.33. The van der Waals surface area contributed by atoms with Gasteiger partial charge in [-0.05, 0) is 32.1 Å². The smallest absolute Gasteiger partial charge is 0.211 e. The van der Waals surface area contributed by atoms with E-state index < -0.39 is 10.0 Å². The predicted molar refractivity (Wildman–Crippen MR) is 105 cm³/mol. The van der Waals surface area contributed by atoms with Gasteiger partial charge in [0.25, 0.3) is 0 Å². The van der Waals surface area contributed by atoms with Crippen molar-refractivity contribution in [2.24, 2.45) is 12.5 Å². The fourth-order valence-corrected chi connectivity index (χ4v) is 4.29. The second-order valence-electron chi connectivity index (χ2n) is 8.53. The third-order valence-electron chi connectivity index (χ3n) is 5.30. The summed E-state index contributed by atoms with van der Waals surface area (Å²) in [6, 6.07) is -0.276. The second-order valence-corrected chi connectivity index (χ2v) is 10.6. The molecule has 0 amide bonds. The molecule has 8 heteroatoms. The molecule has 0 N–H and O–H groups in total. The van der Waals surface area contributed by atoms with Gasteiger partial charge in [-0.15, -0.1) is 5.10 Å². The number of aryl methyl sites for hydroxylation is 1. The van der Waals surface area contributed by atoms with Gasteiger partial charge in [-0.3, -0.25) is 4.68 Å². The highest BCUT2D eigenvalue weighted by atomic mass is 32.2. The molecule has 7 nitrogen and oxygen atoms in total. The molecule has 1 aromatic rings. The summed E-state index contributed by atoms with van der Waals surface area (Å²) < 4.78 is 33.4. The number of hydrogen-bond donors (Lipinski definition) is 0. The van der Waals surface area contributed by atoms with Gasteiger partial charge in [0.15, 0.2) is 0 Å². The molecule has 0 aliphatic carbocycles. The second kappa shape index (κ2) is 8.35. The molecule has 0 fully saturated rings. The first-order valence-electron chi connectivity index (χ1n) is 9.14. The molecule has 0 saturated heterocycles.